The van der Waals surface area contributed by atoms with Crippen molar-refractivity contribution in [2.24, 2.45) is 0 Å². The minimum absolute atomic E-state index is 0.0539. The van der Waals surface area contributed by atoms with Crippen molar-refractivity contribution in [3.8, 4) is 0 Å². The molecule has 2 aromatic rings. The molecule has 2 heterocycles. The van der Waals surface area contributed by atoms with Crippen LogP contribution < -0.4 is 4.90 Å². The molecule has 0 bridgehead atoms. The number of hydrogen-bond donors (Lipinski definition) is 0. The summed E-state index contributed by atoms with van der Waals surface area (Å²) in [6, 6.07) is 6.94. The van der Waals surface area contributed by atoms with E-state index >= 15 is 0 Å². The largest absolute Gasteiger partial charge is 0.465 e. The number of fused-ring (bicyclic) bond motifs is 1. The van der Waals surface area contributed by atoms with E-state index in [0.29, 0.717) is 11.6 Å². The molecule has 0 fully saturated rings. The summed E-state index contributed by atoms with van der Waals surface area (Å²) in [6.45, 7) is 2.41. The van der Waals surface area contributed by atoms with Gasteiger partial charge in [-0.3, -0.25) is 9.48 Å². The average Bonchev–Trinajstić information content (AvgIpc) is 2.97. The molecule has 114 valence electrons. The summed E-state index contributed by atoms with van der Waals surface area (Å²) in [6.07, 6.45) is 1.38. The maximum absolute atomic E-state index is 12.8. The number of nitrogens with zero attached hydrogens (tertiary/aromatic N) is 3. The number of benzene rings is 1. The van der Waals surface area contributed by atoms with E-state index in [2.05, 4.69) is 5.10 Å². The van der Waals surface area contributed by atoms with E-state index in [1.54, 1.807) is 33.8 Å². The van der Waals surface area contributed by atoms with Crippen LogP contribution in [0.3, 0.4) is 0 Å². The second kappa shape index (κ2) is 5.46. The molecule has 0 aliphatic carbocycles. The Morgan fingerprint density at radius 3 is 2.68 bits per heavy atom. The predicted molar refractivity (Wildman–Crippen MR) is 81.4 cm³/mol. The predicted octanol–water partition coefficient (Wildman–Crippen LogP) is 2.54. The fourth-order valence-electron chi connectivity index (χ4n) is 2.56. The summed E-state index contributed by atoms with van der Waals surface area (Å²) < 4.78 is 6.29. The molecule has 7 heteroatoms. The maximum Gasteiger partial charge on any atom is 0.341 e. The third-order valence-electron chi connectivity index (χ3n) is 3.65. The molecule has 1 aromatic carbocycles. The summed E-state index contributed by atoms with van der Waals surface area (Å²) in [4.78, 5) is 26.2. The van der Waals surface area contributed by atoms with Gasteiger partial charge in [0.1, 0.15) is 11.3 Å². The Bertz CT molecular complexity index is 739. The molecule has 22 heavy (non-hydrogen) atoms. The lowest BCUT2D eigenvalue weighted by Gasteiger charge is -2.32. The first-order chi connectivity index (χ1) is 10.5. The van der Waals surface area contributed by atoms with Gasteiger partial charge in [-0.15, -0.1) is 0 Å². The highest BCUT2D eigenvalue weighted by molar-refractivity contribution is 6.30. The average molecular weight is 320 g/mol. The molecule has 6 nitrogen and oxygen atoms in total. The van der Waals surface area contributed by atoms with Gasteiger partial charge in [-0.25, -0.2) is 4.79 Å². The molecule has 1 amide bonds. The highest BCUT2D eigenvalue weighted by atomic mass is 35.5. The van der Waals surface area contributed by atoms with Crippen LogP contribution in [0.25, 0.3) is 0 Å². The molecule has 0 N–H and O–H groups in total. The van der Waals surface area contributed by atoms with Crippen molar-refractivity contribution < 1.29 is 14.3 Å². The van der Waals surface area contributed by atoms with Crippen molar-refractivity contribution >= 4 is 29.2 Å². The van der Waals surface area contributed by atoms with Crippen LogP contribution in [0.4, 0.5) is 5.69 Å². The van der Waals surface area contributed by atoms with Crippen LogP contribution in [0.2, 0.25) is 5.02 Å². The van der Waals surface area contributed by atoms with Crippen molar-refractivity contribution in [3.05, 3.63) is 46.7 Å². The Hall–Kier alpha value is -2.34. The number of rotatable bonds is 2. The zero-order chi connectivity index (χ0) is 15.9. The number of amides is 1. The Kier molecular flexibility index (Phi) is 3.62. The molecular weight excluding hydrogens is 306 g/mol. The van der Waals surface area contributed by atoms with Crippen molar-refractivity contribution in [2.75, 3.05) is 18.6 Å². The van der Waals surface area contributed by atoms with Crippen LogP contribution in [-0.4, -0.2) is 35.3 Å². The first-order valence-corrected chi connectivity index (χ1v) is 7.14. The number of methoxy groups -OCH3 is 1. The zero-order valence-electron chi connectivity index (χ0n) is 12.1. The quantitative estimate of drug-likeness (QED) is 0.798. The summed E-state index contributed by atoms with van der Waals surface area (Å²) in [5.74, 6) is -0.849. The van der Waals surface area contributed by atoms with Gasteiger partial charge in [0, 0.05) is 17.3 Å². The lowest BCUT2D eigenvalue weighted by molar-refractivity contribution is 0.0596. The van der Waals surface area contributed by atoms with E-state index in [9.17, 15) is 9.59 Å². The van der Waals surface area contributed by atoms with Gasteiger partial charge in [0.15, 0.2) is 0 Å². The first kappa shape index (κ1) is 14.6. The molecule has 1 aliphatic rings. The number of hydrogen-bond acceptors (Lipinski definition) is 4. The third-order valence-corrected chi connectivity index (χ3v) is 3.90. The second-order valence-corrected chi connectivity index (χ2v) is 5.52. The SMILES string of the molecule is COC(=O)c1cnn2c1C(=O)N(c1ccc(Cl)cc1)CC2C. The molecule has 1 unspecified atom stereocenters. The van der Waals surface area contributed by atoms with Crippen LogP contribution in [0, 0.1) is 0 Å². The first-order valence-electron chi connectivity index (χ1n) is 6.76. The molecule has 3 rings (SSSR count). The number of esters is 1. The molecule has 1 aromatic heterocycles. The van der Waals surface area contributed by atoms with Gasteiger partial charge in [0.25, 0.3) is 5.91 Å². The molecule has 0 saturated heterocycles. The van der Waals surface area contributed by atoms with E-state index in [1.165, 1.54) is 13.3 Å². The highest BCUT2D eigenvalue weighted by Crippen LogP contribution is 2.28. The Morgan fingerprint density at radius 1 is 1.36 bits per heavy atom. The van der Waals surface area contributed by atoms with Crippen LogP contribution in [-0.2, 0) is 4.74 Å². The van der Waals surface area contributed by atoms with Crippen LogP contribution in [0.5, 0.6) is 0 Å². The van der Waals surface area contributed by atoms with E-state index in [1.807, 2.05) is 6.92 Å². The number of aromatic nitrogens is 2. The van der Waals surface area contributed by atoms with Gasteiger partial charge in [-0.05, 0) is 31.2 Å². The van der Waals surface area contributed by atoms with Gasteiger partial charge >= 0.3 is 5.97 Å². The van der Waals surface area contributed by atoms with E-state index < -0.39 is 5.97 Å². The van der Waals surface area contributed by atoms with Crippen LogP contribution >= 0.6 is 11.6 Å². The fourth-order valence-corrected chi connectivity index (χ4v) is 2.69. The normalized spacial score (nSPS) is 17.3. The van der Waals surface area contributed by atoms with Crippen molar-refractivity contribution in [1.29, 1.82) is 0 Å². The van der Waals surface area contributed by atoms with E-state index in [0.717, 1.165) is 5.69 Å². The van der Waals surface area contributed by atoms with Gasteiger partial charge in [-0.1, -0.05) is 11.6 Å². The molecule has 0 radical (unpaired) electrons. The second-order valence-electron chi connectivity index (χ2n) is 5.08. The number of anilines is 1. The summed E-state index contributed by atoms with van der Waals surface area (Å²) in [5, 5.41) is 4.75. The summed E-state index contributed by atoms with van der Waals surface area (Å²) in [7, 11) is 1.28. The minimum Gasteiger partial charge on any atom is -0.465 e. The van der Waals surface area contributed by atoms with Crippen LogP contribution in [0.15, 0.2) is 30.5 Å². The number of halogens is 1. The Labute approximate surface area is 132 Å². The fraction of sp³-hybridized carbons (Fsp3) is 0.267. The molecule has 1 aliphatic heterocycles. The number of carbonyl (C=O) groups excluding carboxylic acids is 2. The van der Waals surface area contributed by atoms with Gasteiger partial charge in [-0.2, -0.15) is 5.10 Å². The highest BCUT2D eigenvalue weighted by Gasteiger charge is 2.35. The number of ether oxygens (including phenoxy) is 1. The van der Waals surface area contributed by atoms with Crippen molar-refractivity contribution in [2.45, 2.75) is 13.0 Å². The van der Waals surface area contributed by atoms with E-state index in [4.69, 9.17) is 16.3 Å². The number of carbonyl (C=O) groups is 2. The van der Waals surface area contributed by atoms with Gasteiger partial charge in [0.05, 0.1) is 19.3 Å². The molecule has 0 spiro atoms. The summed E-state index contributed by atoms with van der Waals surface area (Å²) >= 11 is 5.89. The Morgan fingerprint density at radius 2 is 2.05 bits per heavy atom. The smallest absolute Gasteiger partial charge is 0.341 e. The minimum atomic E-state index is -0.570. The monoisotopic (exact) mass is 319 g/mol. The lowest BCUT2D eigenvalue weighted by Crippen LogP contribution is -2.43. The van der Waals surface area contributed by atoms with Gasteiger partial charge < -0.3 is 9.64 Å². The third kappa shape index (κ3) is 2.25. The lowest BCUT2D eigenvalue weighted by atomic mass is 10.1. The Balaban J connectivity index is 2.05. The van der Waals surface area contributed by atoms with Gasteiger partial charge in [0.2, 0.25) is 0 Å². The molecule has 0 saturated carbocycles. The van der Waals surface area contributed by atoms with Crippen LogP contribution in [0.1, 0.15) is 33.8 Å². The standard InChI is InChI=1S/C15H14ClN3O3/c1-9-8-18(11-5-3-10(16)4-6-11)14(20)13-12(15(21)22-2)7-17-19(9)13/h3-7,9H,8H2,1-2H3. The van der Waals surface area contributed by atoms with Crippen molar-refractivity contribution in [3.63, 3.8) is 0 Å². The topological polar surface area (TPSA) is 64.4 Å². The zero-order valence-corrected chi connectivity index (χ0v) is 12.9. The van der Waals surface area contributed by atoms with Crippen molar-refractivity contribution in [1.82, 2.24) is 9.78 Å². The molecule has 1 atom stereocenters. The molecular formula is C15H14ClN3O3. The maximum atomic E-state index is 12.8. The van der Waals surface area contributed by atoms with E-state index in [-0.39, 0.29) is 23.2 Å². The summed E-state index contributed by atoms with van der Waals surface area (Å²) in [5.41, 5.74) is 1.16.